The standard InChI is InChI=1S/C21H14N2O2S/c24-21(25)18-10-4-2-8-16(18)15-7-1-3-9-17(15)19-13-26-20(23-19)14-6-5-11-22-12-14/h1-13H,(H,24,25). The Hall–Kier alpha value is -3.31. The van der Waals surface area contributed by atoms with Gasteiger partial charge in [-0.05, 0) is 29.3 Å². The third kappa shape index (κ3) is 3.00. The van der Waals surface area contributed by atoms with Gasteiger partial charge < -0.3 is 5.11 Å². The molecule has 5 heteroatoms. The van der Waals surface area contributed by atoms with Crippen LogP contribution in [0.1, 0.15) is 10.4 Å². The van der Waals surface area contributed by atoms with Crippen LogP contribution in [-0.4, -0.2) is 21.0 Å². The highest BCUT2D eigenvalue weighted by Gasteiger charge is 2.16. The van der Waals surface area contributed by atoms with Crippen molar-refractivity contribution in [2.75, 3.05) is 0 Å². The third-order valence-electron chi connectivity index (χ3n) is 4.06. The lowest BCUT2D eigenvalue weighted by molar-refractivity contribution is 0.0697. The summed E-state index contributed by atoms with van der Waals surface area (Å²) in [6.07, 6.45) is 3.52. The van der Waals surface area contributed by atoms with E-state index >= 15 is 0 Å². The Morgan fingerprint density at radius 2 is 1.62 bits per heavy atom. The normalized spacial score (nSPS) is 10.6. The van der Waals surface area contributed by atoms with Gasteiger partial charge in [-0.25, -0.2) is 9.78 Å². The van der Waals surface area contributed by atoms with E-state index < -0.39 is 5.97 Å². The molecule has 0 bridgehead atoms. The van der Waals surface area contributed by atoms with Crippen LogP contribution in [0.15, 0.2) is 78.4 Å². The van der Waals surface area contributed by atoms with Gasteiger partial charge in [0.15, 0.2) is 0 Å². The van der Waals surface area contributed by atoms with Gasteiger partial charge in [0.1, 0.15) is 5.01 Å². The van der Waals surface area contributed by atoms with Crippen molar-refractivity contribution in [2.24, 2.45) is 0 Å². The predicted molar refractivity (Wildman–Crippen MR) is 103 cm³/mol. The van der Waals surface area contributed by atoms with Crippen molar-refractivity contribution < 1.29 is 9.90 Å². The number of aromatic nitrogens is 2. The molecule has 126 valence electrons. The third-order valence-corrected chi connectivity index (χ3v) is 4.95. The summed E-state index contributed by atoms with van der Waals surface area (Å²) in [5.74, 6) is -0.940. The first-order valence-corrected chi connectivity index (χ1v) is 8.90. The van der Waals surface area contributed by atoms with Gasteiger partial charge in [-0.15, -0.1) is 11.3 Å². The van der Waals surface area contributed by atoms with Crippen molar-refractivity contribution in [2.45, 2.75) is 0 Å². The van der Waals surface area contributed by atoms with E-state index in [1.807, 2.05) is 53.9 Å². The Morgan fingerprint density at radius 3 is 2.35 bits per heavy atom. The maximum Gasteiger partial charge on any atom is 0.336 e. The maximum absolute atomic E-state index is 11.6. The molecular weight excluding hydrogens is 344 g/mol. The number of hydrogen-bond donors (Lipinski definition) is 1. The number of aromatic carboxylic acids is 1. The van der Waals surface area contributed by atoms with E-state index in [4.69, 9.17) is 4.98 Å². The second-order valence-electron chi connectivity index (χ2n) is 5.68. The average Bonchev–Trinajstić information content (AvgIpc) is 3.19. The number of hydrogen-bond acceptors (Lipinski definition) is 4. The van der Waals surface area contributed by atoms with Gasteiger partial charge in [0.05, 0.1) is 11.3 Å². The number of nitrogens with zero attached hydrogens (tertiary/aromatic N) is 2. The number of carbonyl (C=O) groups is 1. The topological polar surface area (TPSA) is 63.1 Å². The molecule has 0 fully saturated rings. The van der Waals surface area contributed by atoms with Crippen LogP contribution in [0.3, 0.4) is 0 Å². The highest BCUT2D eigenvalue weighted by atomic mass is 32.1. The van der Waals surface area contributed by atoms with E-state index in [2.05, 4.69) is 4.98 Å². The zero-order valence-corrected chi connectivity index (χ0v) is 14.5. The Bertz CT molecular complexity index is 1070. The van der Waals surface area contributed by atoms with Crippen LogP contribution < -0.4 is 0 Å². The van der Waals surface area contributed by atoms with Gasteiger partial charge in [-0.3, -0.25) is 4.98 Å². The van der Waals surface area contributed by atoms with Crippen LogP contribution in [0.25, 0.3) is 33.0 Å². The summed E-state index contributed by atoms with van der Waals surface area (Å²) < 4.78 is 0. The fraction of sp³-hybridized carbons (Fsp3) is 0. The molecule has 4 aromatic rings. The molecule has 0 spiro atoms. The second-order valence-corrected chi connectivity index (χ2v) is 6.53. The van der Waals surface area contributed by atoms with Crippen LogP contribution in [0, 0.1) is 0 Å². The molecule has 0 saturated heterocycles. The number of thiazole rings is 1. The predicted octanol–water partition coefficient (Wildman–Crippen LogP) is 5.24. The lowest BCUT2D eigenvalue weighted by atomic mass is 9.94. The van der Waals surface area contributed by atoms with Crippen LogP contribution in [0.5, 0.6) is 0 Å². The largest absolute Gasteiger partial charge is 0.478 e. The highest BCUT2D eigenvalue weighted by molar-refractivity contribution is 7.13. The fourth-order valence-electron chi connectivity index (χ4n) is 2.87. The van der Waals surface area contributed by atoms with Gasteiger partial charge in [-0.2, -0.15) is 0 Å². The van der Waals surface area contributed by atoms with Crippen LogP contribution in [0.4, 0.5) is 0 Å². The van der Waals surface area contributed by atoms with E-state index in [-0.39, 0.29) is 5.56 Å². The molecule has 0 aliphatic carbocycles. The summed E-state index contributed by atoms with van der Waals surface area (Å²) in [5, 5.41) is 12.4. The summed E-state index contributed by atoms with van der Waals surface area (Å²) >= 11 is 1.54. The molecular formula is C21H14N2O2S. The van der Waals surface area contributed by atoms with E-state index in [9.17, 15) is 9.90 Å². The van der Waals surface area contributed by atoms with Crippen molar-refractivity contribution >= 4 is 17.3 Å². The quantitative estimate of drug-likeness (QED) is 0.542. The fourth-order valence-corrected chi connectivity index (χ4v) is 3.68. The SMILES string of the molecule is O=C(O)c1ccccc1-c1ccccc1-c1csc(-c2cccnc2)n1. The Balaban J connectivity index is 1.84. The first kappa shape index (κ1) is 16.2. The number of rotatable bonds is 4. The number of benzene rings is 2. The minimum Gasteiger partial charge on any atom is -0.478 e. The first-order valence-electron chi connectivity index (χ1n) is 8.02. The van der Waals surface area contributed by atoms with Gasteiger partial charge >= 0.3 is 5.97 Å². The molecule has 0 aliphatic rings. The first-order chi connectivity index (χ1) is 12.7. The summed E-state index contributed by atoms with van der Waals surface area (Å²) in [6.45, 7) is 0. The van der Waals surface area contributed by atoms with Gasteiger partial charge in [0, 0.05) is 28.9 Å². The number of carboxylic acid groups (broad SMARTS) is 1. The molecule has 1 N–H and O–H groups in total. The van der Waals surface area contributed by atoms with Crippen LogP contribution in [-0.2, 0) is 0 Å². The minimum absolute atomic E-state index is 0.280. The van der Waals surface area contributed by atoms with Crippen molar-refractivity contribution in [1.82, 2.24) is 9.97 Å². The Labute approximate surface area is 154 Å². The minimum atomic E-state index is -0.940. The van der Waals surface area contributed by atoms with Gasteiger partial charge in [-0.1, -0.05) is 42.5 Å². The molecule has 4 rings (SSSR count). The molecule has 4 nitrogen and oxygen atoms in total. The summed E-state index contributed by atoms with van der Waals surface area (Å²) in [4.78, 5) is 20.5. The van der Waals surface area contributed by atoms with E-state index in [1.54, 1.807) is 35.9 Å². The molecule has 0 radical (unpaired) electrons. The zero-order chi connectivity index (χ0) is 17.9. The van der Waals surface area contributed by atoms with Crippen molar-refractivity contribution in [3.63, 3.8) is 0 Å². The molecule has 2 heterocycles. The van der Waals surface area contributed by atoms with Crippen LogP contribution in [0.2, 0.25) is 0 Å². The highest BCUT2D eigenvalue weighted by Crippen LogP contribution is 2.36. The average molecular weight is 358 g/mol. The molecule has 2 aromatic heterocycles. The van der Waals surface area contributed by atoms with E-state index in [0.29, 0.717) is 5.56 Å². The molecule has 0 aliphatic heterocycles. The summed E-state index contributed by atoms with van der Waals surface area (Å²) in [7, 11) is 0. The van der Waals surface area contributed by atoms with Crippen molar-refractivity contribution in [3.8, 4) is 33.0 Å². The number of pyridine rings is 1. The molecule has 0 atom stereocenters. The molecule has 2 aromatic carbocycles. The Morgan fingerprint density at radius 1 is 0.885 bits per heavy atom. The van der Waals surface area contributed by atoms with E-state index in [1.165, 1.54) is 0 Å². The van der Waals surface area contributed by atoms with Gasteiger partial charge in [0.25, 0.3) is 0 Å². The second kappa shape index (κ2) is 6.90. The molecule has 0 unspecified atom stereocenters. The lowest BCUT2D eigenvalue weighted by Gasteiger charge is -2.10. The van der Waals surface area contributed by atoms with Crippen molar-refractivity contribution in [1.29, 1.82) is 0 Å². The van der Waals surface area contributed by atoms with Gasteiger partial charge in [0.2, 0.25) is 0 Å². The number of carboxylic acids is 1. The maximum atomic E-state index is 11.6. The van der Waals surface area contributed by atoms with Crippen molar-refractivity contribution in [3.05, 3.63) is 84.0 Å². The van der Waals surface area contributed by atoms with E-state index in [0.717, 1.165) is 27.4 Å². The monoisotopic (exact) mass is 358 g/mol. The Kier molecular flexibility index (Phi) is 4.29. The molecule has 0 amide bonds. The van der Waals surface area contributed by atoms with Crippen LogP contribution >= 0.6 is 11.3 Å². The summed E-state index contributed by atoms with van der Waals surface area (Å²) in [6, 6.07) is 18.6. The lowest BCUT2D eigenvalue weighted by Crippen LogP contribution is -1.99. The molecule has 26 heavy (non-hydrogen) atoms. The zero-order valence-electron chi connectivity index (χ0n) is 13.7. The summed E-state index contributed by atoms with van der Waals surface area (Å²) in [5.41, 5.74) is 4.52. The molecule has 0 saturated carbocycles. The smallest absolute Gasteiger partial charge is 0.336 e.